The Kier molecular flexibility index (Phi) is 4.04. The Morgan fingerprint density at radius 3 is 3.14 bits per heavy atom. The molecule has 1 aromatic rings. The van der Waals surface area contributed by atoms with Crippen molar-refractivity contribution in [3.8, 4) is 0 Å². The first-order valence-corrected chi connectivity index (χ1v) is 7.86. The van der Waals surface area contributed by atoms with Crippen LogP contribution in [0.3, 0.4) is 0 Å². The minimum absolute atomic E-state index is 0.109. The molecule has 0 saturated carbocycles. The Hall–Kier alpha value is -2.05. The maximum atomic E-state index is 12.4. The largest absolute Gasteiger partial charge is 0.439 e. The number of aryl methyl sites for hydroxylation is 2. The van der Waals surface area contributed by atoms with Crippen LogP contribution in [0.1, 0.15) is 32.0 Å². The van der Waals surface area contributed by atoms with E-state index in [1.165, 1.54) is 0 Å². The number of nitrogens with zero attached hydrogens (tertiary/aromatic N) is 3. The fourth-order valence-electron chi connectivity index (χ4n) is 3.27. The number of rotatable bonds is 4. The summed E-state index contributed by atoms with van der Waals surface area (Å²) in [5.41, 5.74) is -0.519. The second-order valence-corrected chi connectivity index (χ2v) is 5.99. The Morgan fingerprint density at radius 1 is 1.55 bits per heavy atom. The van der Waals surface area contributed by atoms with Gasteiger partial charge in [-0.05, 0) is 12.8 Å². The number of carbonyl (C=O) groups excluding carboxylic acids is 2. The second kappa shape index (κ2) is 5.98. The van der Waals surface area contributed by atoms with E-state index >= 15 is 0 Å². The molecule has 3 heterocycles. The fraction of sp³-hybridized carbons (Fsp3) is 0.667. The molecule has 22 heavy (non-hydrogen) atoms. The summed E-state index contributed by atoms with van der Waals surface area (Å²) in [4.78, 5) is 29.8. The standard InChI is InChI=1S/C15H22N4O3/c1-2-12-16-6-9-18(12)8-4-13(20)19-7-3-5-15(11-19)10-17-14(21)22-15/h6,9H,2-5,7-8,10-11H2,1H3,(H,17,21). The summed E-state index contributed by atoms with van der Waals surface area (Å²) in [5.74, 6) is 1.11. The molecule has 1 N–H and O–H groups in total. The van der Waals surface area contributed by atoms with Crippen molar-refractivity contribution in [3.05, 3.63) is 18.2 Å². The van der Waals surface area contributed by atoms with E-state index in [4.69, 9.17) is 4.74 Å². The molecule has 3 rings (SSSR count). The SMILES string of the molecule is CCc1nccn1CCC(=O)N1CCCC2(CNC(=O)O2)C1. The lowest BCUT2D eigenvalue weighted by atomic mass is 9.93. The van der Waals surface area contributed by atoms with Crippen molar-refractivity contribution in [1.82, 2.24) is 19.8 Å². The molecule has 0 bridgehead atoms. The van der Waals surface area contributed by atoms with Crippen LogP contribution in [0.15, 0.2) is 12.4 Å². The number of amides is 2. The van der Waals surface area contributed by atoms with E-state index in [0.29, 0.717) is 26.1 Å². The van der Waals surface area contributed by atoms with Crippen LogP contribution in [-0.4, -0.2) is 51.7 Å². The number of hydrogen-bond donors (Lipinski definition) is 1. The van der Waals surface area contributed by atoms with E-state index < -0.39 is 5.60 Å². The summed E-state index contributed by atoms with van der Waals surface area (Å²) in [6.07, 6.45) is 6.29. The zero-order chi connectivity index (χ0) is 15.6. The van der Waals surface area contributed by atoms with Gasteiger partial charge in [0.15, 0.2) is 0 Å². The van der Waals surface area contributed by atoms with Crippen LogP contribution in [0, 0.1) is 0 Å². The second-order valence-electron chi connectivity index (χ2n) is 5.99. The number of aromatic nitrogens is 2. The third kappa shape index (κ3) is 2.93. The smallest absolute Gasteiger partial charge is 0.407 e. The highest BCUT2D eigenvalue weighted by Gasteiger charge is 2.44. The van der Waals surface area contributed by atoms with Gasteiger partial charge in [0.05, 0.1) is 13.1 Å². The van der Waals surface area contributed by atoms with E-state index in [9.17, 15) is 9.59 Å². The Labute approximate surface area is 129 Å². The molecule has 1 spiro atoms. The average Bonchev–Trinajstić information content (AvgIpc) is 3.11. The predicted molar refractivity (Wildman–Crippen MR) is 79.3 cm³/mol. The Balaban J connectivity index is 1.57. The molecule has 120 valence electrons. The molecule has 2 amide bonds. The normalized spacial score (nSPS) is 24.4. The van der Waals surface area contributed by atoms with Gasteiger partial charge in [0.1, 0.15) is 11.4 Å². The van der Waals surface area contributed by atoms with Crippen molar-refractivity contribution >= 4 is 12.0 Å². The highest BCUT2D eigenvalue weighted by atomic mass is 16.6. The van der Waals surface area contributed by atoms with Crippen LogP contribution in [0.5, 0.6) is 0 Å². The first kappa shape index (κ1) is 14.9. The Morgan fingerprint density at radius 2 is 2.41 bits per heavy atom. The van der Waals surface area contributed by atoms with Crippen LogP contribution in [0.25, 0.3) is 0 Å². The molecule has 1 aromatic heterocycles. The molecule has 7 nitrogen and oxygen atoms in total. The van der Waals surface area contributed by atoms with Crippen LogP contribution in [-0.2, 0) is 22.5 Å². The number of imidazole rings is 1. The lowest BCUT2D eigenvalue weighted by Crippen LogP contribution is -2.52. The molecule has 0 aromatic carbocycles. The van der Waals surface area contributed by atoms with E-state index in [2.05, 4.69) is 17.2 Å². The average molecular weight is 306 g/mol. The van der Waals surface area contributed by atoms with Gasteiger partial charge in [-0.1, -0.05) is 6.92 Å². The summed E-state index contributed by atoms with van der Waals surface area (Å²) in [5, 5.41) is 2.70. The van der Waals surface area contributed by atoms with Gasteiger partial charge >= 0.3 is 6.09 Å². The van der Waals surface area contributed by atoms with Crippen LogP contribution >= 0.6 is 0 Å². The van der Waals surface area contributed by atoms with Crippen molar-refractivity contribution in [2.75, 3.05) is 19.6 Å². The van der Waals surface area contributed by atoms with Crippen molar-refractivity contribution in [1.29, 1.82) is 0 Å². The van der Waals surface area contributed by atoms with Crippen molar-refractivity contribution in [3.63, 3.8) is 0 Å². The first-order chi connectivity index (χ1) is 10.6. The molecule has 2 aliphatic heterocycles. The molecular formula is C15H22N4O3. The lowest BCUT2D eigenvalue weighted by molar-refractivity contribution is -0.137. The van der Waals surface area contributed by atoms with Gasteiger partial charge in [0.2, 0.25) is 5.91 Å². The van der Waals surface area contributed by atoms with Crippen LogP contribution in [0.2, 0.25) is 0 Å². The molecule has 2 saturated heterocycles. The zero-order valence-electron chi connectivity index (χ0n) is 12.9. The highest BCUT2D eigenvalue weighted by molar-refractivity contribution is 5.77. The van der Waals surface area contributed by atoms with Crippen molar-refractivity contribution < 1.29 is 14.3 Å². The first-order valence-electron chi connectivity index (χ1n) is 7.86. The van der Waals surface area contributed by atoms with Gasteiger partial charge in [0.25, 0.3) is 0 Å². The number of piperidine rings is 1. The molecule has 0 aliphatic carbocycles. The third-order valence-corrected chi connectivity index (χ3v) is 4.44. The summed E-state index contributed by atoms with van der Waals surface area (Å²) < 4.78 is 7.42. The van der Waals surface area contributed by atoms with E-state index in [1.54, 1.807) is 6.20 Å². The molecule has 7 heteroatoms. The predicted octanol–water partition coefficient (Wildman–Crippen LogP) is 0.937. The molecule has 1 atom stereocenters. The summed E-state index contributed by atoms with van der Waals surface area (Å²) >= 11 is 0. The van der Waals surface area contributed by atoms with Gasteiger partial charge in [-0.2, -0.15) is 0 Å². The van der Waals surface area contributed by atoms with Gasteiger partial charge < -0.3 is 19.5 Å². The molecule has 1 unspecified atom stereocenters. The summed E-state index contributed by atoms with van der Waals surface area (Å²) in [6, 6.07) is 0. The van der Waals surface area contributed by atoms with E-state index in [-0.39, 0.29) is 12.0 Å². The van der Waals surface area contributed by atoms with Crippen molar-refractivity contribution in [2.45, 2.75) is 44.8 Å². The monoisotopic (exact) mass is 306 g/mol. The molecule has 2 fully saturated rings. The number of ether oxygens (including phenoxy) is 1. The van der Waals surface area contributed by atoms with Gasteiger partial charge in [-0.25, -0.2) is 9.78 Å². The number of nitrogens with one attached hydrogen (secondary N) is 1. The summed E-state index contributed by atoms with van der Waals surface area (Å²) in [6.45, 7) is 4.43. The van der Waals surface area contributed by atoms with Crippen LogP contribution < -0.4 is 5.32 Å². The Bertz CT molecular complexity index is 571. The highest BCUT2D eigenvalue weighted by Crippen LogP contribution is 2.28. The summed E-state index contributed by atoms with van der Waals surface area (Å²) in [7, 11) is 0. The fourth-order valence-corrected chi connectivity index (χ4v) is 3.27. The third-order valence-electron chi connectivity index (χ3n) is 4.44. The van der Waals surface area contributed by atoms with Gasteiger partial charge in [0, 0.05) is 38.3 Å². The lowest BCUT2D eigenvalue weighted by Gasteiger charge is -2.38. The maximum Gasteiger partial charge on any atom is 0.407 e. The van der Waals surface area contributed by atoms with Gasteiger partial charge in [-0.3, -0.25) is 4.79 Å². The minimum Gasteiger partial charge on any atom is -0.439 e. The van der Waals surface area contributed by atoms with Crippen molar-refractivity contribution in [2.24, 2.45) is 0 Å². The van der Waals surface area contributed by atoms with Crippen LogP contribution in [0.4, 0.5) is 4.79 Å². The number of likely N-dealkylation sites (tertiary alicyclic amines) is 1. The molecular weight excluding hydrogens is 284 g/mol. The number of hydrogen-bond acceptors (Lipinski definition) is 4. The number of carbonyl (C=O) groups is 2. The van der Waals surface area contributed by atoms with E-state index in [1.807, 2.05) is 15.7 Å². The quantitative estimate of drug-likeness (QED) is 0.898. The number of alkyl carbamates (subject to hydrolysis) is 1. The zero-order valence-corrected chi connectivity index (χ0v) is 12.9. The maximum absolute atomic E-state index is 12.4. The topological polar surface area (TPSA) is 76.5 Å². The molecule has 0 radical (unpaired) electrons. The minimum atomic E-state index is -0.519. The molecule has 2 aliphatic rings. The van der Waals surface area contributed by atoms with Gasteiger partial charge in [-0.15, -0.1) is 0 Å². The van der Waals surface area contributed by atoms with E-state index in [0.717, 1.165) is 31.6 Å².